The summed E-state index contributed by atoms with van der Waals surface area (Å²) in [5.41, 5.74) is 4.81. The van der Waals surface area contributed by atoms with E-state index in [0.29, 0.717) is 25.1 Å². The first-order chi connectivity index (χ1) is 12.6. The third kappa shape index (κ3) is 2.65. The topological polar surface area (TPSA) is 62.5 Å². The Bertz CT molecular complexity index is 1010. The number of carbonyl (C=O) groups excluding carboxylic acids is 1. The van der Waals surface area contributed by atoms with Crippen LogP contribution >= 0.6 is 0 Å². The molecule has 2 heterocycles. The number of fused-ring (bicyclic) bond motifs is 3. The van der Waals surface area contributed by atoms with Crippen molar-refractivity contribution >= 4 is 22.8 Å². The molecular weight excluding hydrogens is 328 g/mol. The molecule has 0 atom stereocenters. The molecule has 0 saturated heterocycles. The zero-order valence-electron chi connectivity index (χ0n) is 14.6. The monoisotopic (exact) mass is 348 g/mol. The number of benzene rings is 2. The summed E-state index contributed by atoms with van der Waals surface area (Å²) < 4.78 is 1.91. The van der Waals surface area contributed by atoms with E-state index >= 15 is 0 Å². The predicted octanol–water partition coefficient (Wildman–Crippen LogP) is 3.23. The van der Waals surface area contributed by atoms with Crippen molar-refractivity contribution in [1.82, 2.24) is 9.47 Å². The second kappa shape index (κ2) is 6.33. The molecule has 1 aliphatic rings. The van der Waals surface area contributed by atoms with E-state index in [-0.39, 0.29) is 12.5 Å². The van der Waals surface area contributed by atoms with Gasteiger partial charge >= 0.3 is 5.97 Å². The standard InChI is InChI=1S/C21H20N2O3/c1-14-6-5-9-16-17-12-22(21(26)15-7-3-2-4-8-15)11-10-18(17)23(20(14)16)13-19(24)25/h2-9H,10-13H2,1H3,(H,24,25). The van der Waals surface area contributed by atoms with Crippen LogP contribution in [-0.2, 0) is 24.3 Å². The number of rotatable bonds is 3. The number of carboxylic acid groups (broad SMARTS) is 1. The molecule has 1 N–H and O–H groups in total. The number of nitrogens with zero attached hydrogens (tertiary/aromatic N) is 2. The van der Waals surface area contributed by atoms with Gasteiger partial charge in [0, 0.05) is 41.7 Å². The lowest BCUT2D eigenvalue weighted by molar-refractivity contribution is -0.137. The molecule has 0 radical (unpaired) electrons. The van der Waals surface area contributed by atoms with Crippen LogP contribution < -0.4 is 0 Å². The van der Waals surface area contributed by atoms with Crippen LogP contribution in [0, 0.1) is 6.92 Å². The predicted molar refractivity (Wildman–Crippen MR) is 99.2 cm³/mol. The van der Waals surface area contributed by atoms with Crippen molar-refractivity contribution in [2.24, 2.45) is 0 Å². The number of aryl methyl sites for hydroxylation is 1. The minimum absolute atomic E-state index is 0.0167. The molecule has 1 aromatic heterocycles. The zero-order chi connectivity index (χ0) is 18.3. The fourth-order valence-corrected chi connectivity index (χ4v) is 3.93. The highest BCUT2D eigenvalue weighted by Crippen LogP contribution is 2.33. The molecule has 5 nitrogen and oxygen atoms in total. The third-order valence-corrected chi connectivity index (χ3v) is 5.08. The van der Waals surface area contributed by atoms with E-state index in [0.717, 1.165) is 27.7 Å². The summed E-state index contributed by atoms with van der Waals surface area (Å²) in [4.78, 5) is 26.1. The van der Waals surface area contributed by atoms with Gasteiger partial charge in [0.2, 0.25) is 0 Å². The maximum absolute atomic E-state index is 12.8. The van der Waals surface area contributed by atoms with Gasteiger partial charge in [-0.05, 0) is 24.6 Å². The van der Waals surface area contributed by atoms with Gasteiger partial charge in [-0.1, -0.05) is 36.4 Å². The molecule has 0 aliphatic carbocycles. The molecule has 132 valence electrons. The lowest BCUT2D eigenvalue weighted by atomic mass is 10.0. The van der Waals surface area contributed by atoms with Crippen molar-refractivity contribution < 1.29 is 14.7 Å². The lowest BCUT2D eigenvalue weighted by Crippen LogP contribution is -2.36. The average molecular weight is 348 g/mol. The van der Waals surface area contributed by atoms with Crippen molar-refractivity contribution in [3.05, 3.63) is 70.9 Å². The van der Waals surface area contributed by atoms with Gasteiger partial charge in [0.15, 0.2) is 0 Å². The quantitative estimate of drug-likeness (QED) is 0.790. The normalized spacial score (nSPS) is 13.7. The summed E-state index contributed by atoms with van der Waals surface area (Å²) in [5.74, 6) is -0.834. The van der Waals surface area contributed by atoms with E-state index in [4.69, 9.17) is 0 Å². The van der Waals surface area contributed by atoms with Crippen molar-refractivity contribution in [3.8, 4) is 0 Å². The Balaban J connectivity index is 1.78. The molecule has 0 fully saturated rings. The molecule has 4 rings (SSSR count). The Morgan fingerprint density at radius 2 is 1.85 bits per heavy atom. The fourth-order valence-electron chi connectivity index (χ4n) is 3.93. The molecule has 2 aromatic carbocycles. The molecular formula is C21H20N2O3. The molecule has 0 unspecified atom stereocenters. The number of carboxylic acids is 1. The van der Waals surface area contributed by atoms with Crippen molar-refractivity contribution in [2.45, 2.75) is 26.4 Å². The van der Waals surface area contributed by atoms with Crippen LogP contribution in [0.3, 0.4) is 0 Å². The van der Waals surface area contributed by atoms with Gasteiger partial charge in [-0.25, -0.2) is 0 Å². The summed E-state index contributed by atoms with van der Waals surface area (Å²) in [6.45, 7) is 3.05. The molecule has 1 aliphatic heterocycles. The number of hydrogen-bond acceptors (Lipinski definition) is 2. The van der Waals surface area contributed by atoms with Crippen LogP contribution in [0.1, 0.15) is 27.2 Å². The smallest absolute Gasteiger partial charge is 0.323 e. The second-order valence-electron chi connectivity index (χ2n) is 6.72. The van der Waals surface area contributed by atoms with Gasteiger partial charge in [0.05, 0.1) is 5.52 Å². The lowest BCUT2D eigenvalue weighted by Gasteiger charge is -2.28. The summed E-state index contributed by atoms with van der Waals surface area (Å²) in [6, 6.07) is 15.3. The number of amides is 1. The van der Waals surface area contributed by atoms with Crippen LogP contribution in [-0.4, -0.2) is 33.0 Å². The van der Waals surface area contributed by atoms with Crippen LogP contribution in [0.5, 0.6) is 0 Å². The largest absolute Gasteiger partial charge is 0.480 e. The molecule has 1 amide bonds. The molecule has 3 aromatic rings. The van der Waals surface area contributed by atoms with Crippen molar-refractivity contribution in [3.63, 3.8) is 0 Å². The summed E-state index contributed by atoms with van der Waals surface area (Å²) in [6.07, 6.45) is 0.662. The van der Waals surface area contributed by atoms with Gasteiger partial charge in [-0.2, -0.15) is 0 Å². The number of para-hydroxylation sites is 1. The Hall–Kier alpha value is -3.08. The van der Waals surface area contributed by atoms with E-state index in [2.05, 4.69) is 0 Å². The highest BCUT2D eigenvalue weighted by Gasteiger charge is 2.28. The maximum atomic E-state index is 12.8. The summed E-state index contributed by atoms with van der Waals surface area (Å²) in [5, 5.41) is 10.4. The van der Waals surface area contributed by atoms with Gasteiger partial charge in [-0.3, -0.25) is 9.59 Å². The Labute approximate surface area is 151 Å². The van der Waals surface area contributed by atoms with E-state index in [1.165, 1.54) is 0 Å². The first-order valence-electron chi connectivity index (χ1n) is 8.72. The van der Waals surface area contributed by atoms with Gasteiger partial charge in [0.1, 0.15) is 6.54 Å². The molecule has 0 bridgehead atoms. The second-order valence-corrected chi connectivity index (χ2v) is 6.72. The first-order valence-corrected chi connectivity index (χ1v) is 8.72. The molecule has 5 heteroatoms. The van der Waals surface area contributed by atoms with Gasteiger partial charge in [-0.15, -0.1) is 0 Å². The zero-order valence-corrected chi connectivity index (χ0v) is 14.6. The maximum Gasteiger partial charge on any atom is 0.323 e. The molecule has 26 heavy (non-hydrogen) atoms. The van der Waals surface area contributed by atoms with Crippen LogP contribution in [0.25, 0.3) is 10.9 Å². The van der Waals surface area contributed by atoms with E-state index < -0.39 is 5.97 Å². The number of hydrogen-bond donors (Lipinski definition) is 1. The van der Waals surface area contributed by atoms with Gasteiger partial charge < -0.3 is 14.6 Å². The SMILES string of the molecule is Cc1cccc2c3c(n(CC(=O)O)c12)CCN(C(=O)c1ccccc1)C3. The minimum atomic E-state index is -0.851. The molecule has 0 saturated carbocycles. The third-order valence-electron chi connectivity index (χ3n) is 5.08. The Kier molecular flexibility index (Phi) is 3.99. The van der Waals surface area contributed by atoms with Crippen molar-refractivity contribution in [1.29, 1.82) is 0 Å². The molecule has 0 spiro atoms. The van der Waals surface area contributed by atoms with Crippen molar-refractivity contribution in [2.75, 3.05) is 6.54 Å². The highest BCUT2D eigenvalue weighted by atomic mass is 16.4. The van der Waals surface area contributed by atoms with E-state index in [1.807, 2.05) is 64.9 Å². The van der Waals surface area contributed by atoms with E-state index in [9.17, 15) is 14.7 Å². The summed E-state index contributed by atoms with van der Waals surface area (Å²) >= 11 is 0. The first kappa shape index (κ1) is 16.4. The van der Waals surface area contributed by atoms with E-state index in [1.54, 1.807) is 0 Å². The Morgan fingerprint density at radius 3 is 2.58 bits per heavy atom. The average Bonchev–Trinajstić information content (AvgIpc) is 2.96. The minimum Gasteiger partial charge on any atom is -0.480 e. The number of carbonyl (C=O) groups is 2. The highest BCUT2D eigenvalue weighted by molar-refractivity contribution is 5.95. The summed E-state index contributed by atoms with van der Waals surface area (Å²) in [7, 11) is 0. The van der Waals surface area contributed by atoms with Crippen LogP contribution in [0.4, 0.5) is 0 Å². The van der Waals surface area contributed by atoms with Gasteiger partial charge in [0.25, 0.3) is 5.91 Å². The fraction of sp³-hybridized carbons (Fsp3) is 0.238. The van der Waals surface area contributed by atoms with Crippen LogP contribution in [0.15, 0.2) is 48.5 Å². The number of aliphatic carboxylic acids is 1. The number of aromatic nitrogens is 1. The van der Waals surface area contributed by atoms with Crippen LogP contribution in [0.2, 0.25) is 0 Å². The Morgan fingerprint density at radius 1 is 1.08 bits per heavy atom.